The van der Waals surface area contributed by atoms with Crippen molar-refractivity contribution < 1.29 is 22.0 Å². The van der Waals surface area contributed by atoms with Crippen molar-refractivity contribution >= 4 is 37.6 Å². The SMILES string of the molecule is Cc1c(S(=O)(=O)c2ccc3c(cnn3C)c2)cc(C(=O)NCc2c(F)ccc3occc23)n1C. The van der Waals surface area contributed by atoms with E-state index in [0.717, 1.165) is 5.52 Å². The number of aromatic nitrogens is 3. The van der Waals surface area contributed by atoms with Gasteiger partial charge >= 0.3 is 0 Å². The number of amides is 1. The van der Waals surface area contributed by atoms with Gasteiger partial charge < -0.3 is 14.3 Å². The van der Waals surface area contributed by atoms with Crippen molar-refractivity contribution in [2.24, 2.45) is 14.1 Å². The Hall–Kier alpha value is -3.92. The number of nitrogens with zero attached hydrogens (tertiary/aromatic N) is 3. The Morgan fingerprint density at radius 1 is 1.15 bits per heavy atom. The lowest BCUT2D eigenvalue weighted by Gasteiger charge is -2.09. The number of hydrogen-bond acceptors (Lipinski definition) is 5. The zero-order valence-corrected chi connectivity index (χ0v) is 19.5. The zero-order valence-electron chi connectivity index (χ0n) is 18.7. The average molecular weight is 481 g/mol. The molecule has 0 saturated carbocycles. The Morgan fingerprint density at radius 2 is 1.94 bits per heavy atom. The normalized spacial score (nSPS) is 12.0. The Kier molecular flexibility index (Phi) is 5.05. The molecular formula is C24H21FN4O4S. The zero-order chi connectivity index (χ0) is 24.2. The molecule has 0 aliphatic rings. The highest BCUT2D eigenvalue weighted by molar-refractivity contribution is 7.91. The highest BCUT2D eigenvalue weighted by Crippen LogP contribution is 2.29. The van der Waals surface area contributed by atoms with E-state index in [9.17, 15) is 17.6 Å². The number of hydrogen-bond donors (Lipinski definition) is 1. The topological polar surface area (TPSA) is 99.1 Å². The molecule has 8 nitrogen and oxygen atoms in total. The van der Waals surface area contributed by atoms with Crippen LogP contribution < -0.4 is 5.32 Å². The predicted molar refractivity (Wildman–Crippen MR) is 124 cm³/mol. The van der Waals surface area contributed by atoms with Crippen LogP contribution in [0, 0.1) is 12.7 Å². The smallest absolute Gasteiger partial charge is 0.268 e. The molecule has 0 unspecified atom stereocenters. The first-order valence-corrected chi connectivity index (χ1v) is 11.9. The highest BCUT2D eigenvalue weighted by atomic mass is 32.2. The second-order valence-electron chi connectivity index (χ2n) is 8.07. The fourth-order valence-electron chi connectivity index (χ4n) is 4.11. The second-order valence-corrected chi connectivity index (χ2v) is 9.99. The van der Waals surface area contributed by atoms with Gasteiger partial charge in [-0.1, -0.05) is 0 Å². The standard InChI is InChI=1S/C24H21FN4O4S/c1-14-23(34(31,32)16-4-6-20-15(10-16)12-27-29(20)3)11-21(28(14)2)24(30)26-13-18-17-8-9-33-22(17)7-5-19(18)25/h4-12H,13H2,1-3H3,(H,26,30). The lowest BCUT2D eigenvalue weighted by atomic mass is 10.1. The highest BCUT2D eigenvalue weighted by Gasteiger charge is 2.26. The van der Waals surface area contributed by atoms with E-state index >= 15 is 0 Å². The minimum Gasteiger partial charge on any atom is -0.464 e. The van der Waals surface area contributed by atoms with Crippen LogP contribution in [0.2, 0.25) is 0 Å². The van der Waals surface area contributed by atoms with Gasteiger partial charge in [0.15, 0.2) is 0 Å². The number of carbonyl (C=O) groups is 1. The molecule has 0 bridgehead atoms. The summed E-state index contributed by atoms with van der Waals surface area (Å²) in [7, 11) is -0.497. The van der Waals surface area contributed by atoms with Gasteiger partial charge in [0.1, 0.15) is 17.1 Å². The summed E-state index contributed by atoms with van der Waals surface area (Å²) >= 11 is 0. The molecule has 0 aliphatic carbocycles. The van der Waals surface area contributed by atoms with Gasteiger partial charge in [0.05, 0.1) is 27.8 Å². The third-order valence-electron chi connectivity index (χ3n) is 6.15. The van der Waals surface area contributed by atoms with Crippen LogP contribution in [-0.2, 0) is 30.5 Å². The summed E-state index contributed by atoms with van der Waals surface area (Å²) < 4.78 is 49.6. The quantitative estimate of drug-likeness (QED) is 0.412. The number of carbonyl (C=O) groups excluding carboxylic acids is 1. The average Bonchev–Trinajstić information content (AvgIpc) is 3.51. The molecule has 3 heterocycles. The number of aryl methyl sites for hydroxylation is 1. The summed E-state index contributed by atoms with van der Waals surface area (Å²) in [6.45, 7) is 1.56. The first-order valence-electron chi connectivity index (χ1n) is 10.4. The molecule has 0 saturated heterocycles. The van der Waals surface area contributed by atoms with Gasteiger partial charge in [-0.15, -0.1) is 0 Å². The molecular weight excluding hydrogens is 459 g/mol. The lowest BCUT2D eigenvalue weighted by Crippen LogP contribution is -2.25. The van der Waals surface area contributed by atoms with Gasteiger partial charge in [-0.3, -0.25) is 9.48 Å². The maximum Gasteiger partial charge on any atom is 0.268 e. The predicted octanol–water partition coefficient (Wildman–Crippen LogP) is 3.87. The molecule has 0 radical (unpaired) electrons. The van der Waals surface area contributed by atoms with Gasteiger partial charge in [-0.2, -0.15) is 5.10 Å². The summed E-state index contributed by atoms with van der Waals surface area (Å²) in [4.78, 5) is 13.1. The maximum atomic E-state index is 14.4. The van der Waals surface area contributed by atoms with E-state index in [1.165, 1.54) is 35.1 Å². The molecule has 34 heavy (non-hydrogen) atoms. The molecule has 10 heteroatoms. The molecule has 0 fully saturated rings. The van der Waals surface area contributed by atoms with E-state index in [0.29, 0.717) is 27.6 Å². The van der Waals surface area contributed by atoms with Crippen molar-refractivity contribution in [2.45, 2.75) is 23.3 Å². The van der Waals surface area contributed by atoms with Crippen LogP contribution in [0.1, 0.15) is 21.7 Å². The molecule has 0 aliphatic heterocycles. The van der Waals surface area contributed by atoms with E-state index in [2.05, 4.69) is 10.4 Å². The van der Waals surface area contributed by atoms with Crippen molar-refractivity contribution in [3.63, 3.8) is 0 Å². The second kappa shape index (κ2) is 7.84. The number of furan rings is 1. The van der Waals surface area contributed by atoms with Crippen LogP contribution in [-0.4, -0.2) is 28.7 Å². The van der Waals surface area contributed by atoms with Gasteiger partial charge in [0, 0.05) is 42.7 Å². The number of fused-ring (bicyclic) bond motifs is 2. The van der Waals surface area contributed by atoms with Crippen LogP contribution in [0.15, 0.2) is 69.1 Å². The molecule has 0 atom stereocenters. The third kappa shape index (κ3) is 3.38. The Balaban J connectivity index is 1.46. The fraction of sp³-hybridized carbons (Fsp3) is 0.167. The van der Waals surface area contributed by atoms with Crippen LogP contribution in [0.4, 0.5) is 4.39 Å². The van der Waals surface area contributed by atoms with E-state index in [-0.39, 0.29) is 22.0 Å². The summed E-state index contributed by atoms with van der Waals surface area (Å²) in [5.41, 5.74) is 2.18. The summed E-state index contributed by atoms with van der Waals surface area (Å²) in [6.07, 6.45) is 3.06. The van der Waals surface area contributed by atoms with Crippen molar-refractivity contribution in [2.75, 3.05) is 0 Å². The van der Waals surface area contributed by atoms with Gasteiger partial charge in [-0.25, -0.2) is 12.8 Å². The lowest BCUT2D eigenvalue weighted by molar-refractivity contribution is 0.0942. The van der Waals surface area contributed by atoms with Gasteiger partial charge in [0.25, 0.3) is 5.91 Å². The molecule has 174 valence electrons. The Bertz CT molecular complexity index is 1690. The number of benzene rings is 2. The summed E-state index contributed by atoms with van der Waals surface area (Å²) in [5.74, 6) is -0.985. The van der Waals surface area contributed by atoms with Gasteiger partial charge in [-0.05, 0) is 49.4 Å². The molecule has 1 N–H and O–H groups in total. The van der Waals surface area contributed by atoms with Crippen molar-refractivity contribution in [3.8, 4) is 0 Å². The monoisotopic (exact) mass is 480 g/mol. The van der Waals surface area contributed by atoms with Crippen LogP contribution in [0.3, 0.4) is 0 Å². The molecule has 5 rings (SSSR count). The Labute approximate surface area is 194 Å². The first-order chi connectivity index (χ1) is 16.2. The summed E-state index contributed by atoms with van der Waals surface area (Å²) in [6, 6.07) is 10.6. The minimum absolute atomic E-state index is 0.0338. The minimum atomic E-state index is -3.89. The van der Waals surface area contributed by atoms with E-state index in [4.69, 9.17) is 4.42 Å². The summed E-state index contributed by atoms with van der Waals surface area (Å²) in [5, 5.41) is 8.11. The fourth-order valence-corrected chi connectivity index (χ4v) is 5.69. The number of nitrogens with one attached hydrogen (secondary N) is 1. The molecule has 0 spiro atoms. The number of halogens is 1. The van der Waals surface area contributed by atoms with E-state index in [1.54, 1.807) is 50.1 Å². The van der Waals surface area contributed by atoms with E-state index < -0.39 is 21.6 Å². The third-order valence-corrected chi connectivity index (χ3v) is 8.02. The number of sulfone groups is 1. The van der Waals surface area contributed by atoms with E-state index in [1.807, 2.05) is 0 Å². The first kappa shape index (κ1) is 21.9. The maximum absolute atomic E-state index is 14.4. The van der Waals surface area contributed by atoms with Crippen LogP contribution in [0.5, 0.6) is 0 Å². The molecule has 1 amide bonds. The largest absolute Gasteiger partial charge is 0.464 e. The van der Waals surface area contributed by atoms with Crippen LogP contribution >= 0.6 is 0 Å². The molecule has 2 aromatic carbocycles. The van der Waals surface area contributed by atoms with Crippen molar-refractivity contribution in [3.05, 3.63) is 77.7 Å². The van der Waals surface area contributed by atoms with Gasteiger partial charge in [0.2, 0.25) is 9.84 Å². The van der Waals surface area contributed by atoms with Crippen molar-refractivity contribution in [1.29, 1.82) is 0 Å². The van der Waals surface area contributed by atoms with Crippen LogP contribution in [0.25, 0.3) is 21.9 Å². The molecule has 5 aromatic rings. The number of rotatable bonds is 5. The Morgan fingerprint density at radius 3 is 2.74 bits per heavy atom. The molecule has 3 aromatic heterocycles. The van der Waals surface area contributed by atoms with Crippen molar-refractivity contribution in [1.82, 2.24) is 19.7 Å².